The molecule has 1 aromatic heterocycles. The Balaban J connectivity index is 0.00000363. The molecule has 0 bridgehead atoms. The molecule has 9 heteroatoms. The molecule has 0 spiro atoms. The fourth-order valence-corrected chi connectivity index (χ4v) is 3.53. The number of nitrogens with zero attached hydrogens (tertiary/aromatic N) is 1. The van der Waals surface area contributed by atoms with Crippen LogP contribution in [0.15, 0.2) is 41.5 Å². The third-order valence-electron chi connectivity index (χ3n) is 5.12. The van der Waals surface area contributed by atoms with Crippen LogP contribution < -0.4 is 24.8 Å². The number of rotatable bonds is 9. The smallest absolute Gasteiger partial charge is 0.190 e. The number of nitrogens with one attached hydrogen (secondary N) is 3. The molecule has 3 aromatic rings. The Morgan fingerprint density at radius 2 is 1.62 bits per heavy atom. The highest BCUT2D eigenvalue weighted by molar-refractivity contribution is 14.0. The maximum Gasteiger partial charge on any atom is 0.190 e. The highest BCUT2D eigenvalue weighted by atomic mass is 127. The maximum absolute atomic E-state index is 13.3. The fraction of sp³-hybridized carbons (Fsp3) is 0.348. The summed E-state index contributed by atoms with van der Waals surface area (Å²) in [7, 11) is 6.60. The summed E-state index contributed by atoms with van der Waals surface area (Å²) >= 11 is 0. The van der Waals surface area contributed by atoms with Gasteiger partial charge in [-0.15, -0.1) is 24.0 Å². The number of benzene rings is 2. The summed E-state index contributed by atoms with van der Waals surface area (Å²) in [6.45, 7) is 1.34. The summed E-state index contributed by atoms with van der Waals surface area (Å²) in [5, 5.41) is 7.66. The van der Waals surface area contributed by atoms with Crippen molar-refractivity contribution in [1.82, 2.24) is 15.6 Å². The molecule has 0 unspecified atom stereocenters. The number of halogens is 2. The number of aromatic nitrogens is 1. The van der Waals surface area contributed by atoms with Gasteiger partial charge in [-0.3, -0.25) is 4.99 Å². The van der Waals surface area contributed by atoms with Crippen LogP contribution in [0.2, 0.25) is 0 Å². The zero-order chi connectivity index (χ0) is 22.2. The fourth-order valence-electron chi connectivity index (χ4n) is 3.53. The van der Waals surface area contributed by atoms with E-state index in [1.165, 1.54) is 12.1 Å². The second-order valence-electron chi connectivity index (χ2n) is 6.94. The molecule has 0 radical (unpaired) electrons. The van der Waals surface area contributed by atoms with Gasteiger partial charge in [-0.05, 0) is 36.6 Å². The molecule has 0 amide bonds. The molecule has 32 heavy (non-hydrogen) atoms. The molecule has 0 atom stereocenters. The zero-order valence-electron chi connectivity index (χ0n) is 18.8. The van der Waals surface area contributed by atoms with Gasteiger partial charge < -0.3 is 29.8 Å². The molecular weight excluding hydrogens is 526 g/mol. The van der Waals surface area contributed by atoms with Crippen molar-refractivity contribution in [2.24, 2.45) is 4.99 Å². The maximum atomic E-state index is 13.3. The summed E-state index contributed by atoms with van der Waals surface area (Å²) in [6, 6.07) is 8.49. The molecule has 0 aliphatic heterocycles. The lowest BCUT2D eigenvalue weighted by Crippen LogP contribution is -2.39. The van der Waals surface area contributed by atoms with Crippen LogP contribution in [-0.2, 0) is 12.8 Å². The van der Waals surface area contributed by atoms with Gasteiger partial charge in [0.25, 0.3) is 0 Å². The number of ether oxygens (including phenoxy) is 3. The van der Waals surface area contributed by atoms with Crippen LogP contribution in [-0.4, -0.2) is 52.4 Å². The summed E-state index contributed by atoms with van der Waals surface area (Å²) in [4.78, 5) is 7.40. The van der Waals surface area contributed by atoms with Crippen molar-refractivity contribution < 1.29 is 18.6 Å². The van der Waals surface area contributed by atoms with Gasteiger partial charge in [-0.25, -0.2) is 4.39 Å². The molecule has 0 saturated carbocycles. The van der Waals surface area contributed by atoms with Gasteiger partial charge in [0.05, 0.1) is 21.3 Å². The molecule has 1 heterocycles. The van der Waals surface area contributed by atoms with E-state index in [-0.39, 0.29) is 29.8 Å². The number of methoxy groups -OCH3 is 3. The van der Waals surface area contributed by atoms with Crippen molar-refractivity contribution >= 4 is 40.8 Å². The minimum Gasteiger partial charge on any atom is -0.496 e. The van der Waals surface area contributed by atoms with Gasteiger partial charge in [0.2, 0.25) is 0 Å². The monoisotopic (exact) mass is 556 g/mol. The van der Waals surface area contributed by atoms with E-state index in [0.717, 1.165) is 39.9 Å². The molecule has 7 nitrogen and oxygen atoms in total. The van der Waals surface area contributed by atoms with Gasteiger partial charge in [-0.2, -0.15) is 0 Å². The summed E-state index contributed by atoms with van der Waals surface area (Å²) in [6.07, 6.45) is 3.39. The zero-order valence-corrected chi connectivity index (χ0v) is 21.1. The Kier molecular flexibility index (Phi) is 9.89. The Hall–Kier alpha value is -2.69. The third-order valence-corrected chi connectivity index (χ3v) is 5.12. The predicted octanol–water partition coefficient (Wildman–Crippen LogP) is 3.90. The van der Waals surface area contributed by atoms with Crippen LogP contribution in [0.5, 0.6) is 17.2 Å². The Morgan fingerprint density at radius 3 is 2.22 bits per heavy atom. The SMILES string of the molecule is CN=C(NCCc1c(OC)cc(OC)cc1OC)NCCc1c[nH]c2cc(F)ccc12.I. The van der Waals surface area contributed by atoms with E-state index in [0.29, 0.717) is 31.2 Å². The first kappa shape index (κ1) is 25.6. The molecule has 2 aromatic carbocycles. The molecule has 3 rings (SSSR count). The van der Waals surface area contributed by atoms with Crippen LogP contribution in [0, 0.1) is 5.82 Å². The van der Waals surface area contributed by atoms with Gasteiger partial charge >= 0.3 is 0 Å². The second kappa shape index (κ2) is 12.4. The van der Waals surface area contributed by atoms with Gasteiger partial charge in [0, 0.05) is 54.9 Å². The van der Waals surface area contributed by atoms with E-state index in [1.54, 1.807) is 34.4 Å². The highest BCUT2D eigenvalue weighted by Gasteiger charge is 2.13. The molecule has 0 fully saturated rings. The topological polar surface area (TPSA) is 79.9 Å². The lowest BCUT2D eigenvalue weighted by molar-refractivity contribution is 0.368. The highest BCUT2D eigenvalue weighted by Crippen LogP contribution is 2.34. The van der Waals surface area contributed by atoms with E-state index in [4.69, 9.17) is 14.2 Å². The van der Waals surface area contributed by atoms with Crippen molar-refractivity contribution in [3.05, 3.63) is 53.5 Å². The van der Waals surface area contributed by atoms with Crippen LogP contribution in [0.1, 0.15) is 11.1 Å². The Morgan fingerprint density at radius 1 is 0.969 bits per heavy atom. The Bertz CT molecular complexity index is 1030. The van der Waals surface area contributed by atoms with Crippen LogP contribution in [0.3, 0.4) is 0 Å². The van der Waals surface area contributed by atoms with E-state index in [9.17, 15) is 4.39 Å². The van der Waals surface area contributed by atoms with Crippen LogP contribution >= 0.6 is 24.0 Å². The average molecular weight is 556 g/mol. The molecular formula is C23H30FIN4O3. The summed E-state index contributed by atoms with van der Waals surface area (Å²) < 4.78 is 29.6. The number of guanidine groups is 1. The van der Waals surface area contributed by atoms with Gasteiger partial charge in [0.1, 0.15) is 23.1 Å². The van der Waals surface area contributed by atoms with Crippen molar-refractivity contribution in [3.8, 4) is 17.2 Å². The molecule has 0 saturated heterocycles. The standard InChI is InChI=1S/C23H29FN4O3.HI/c1-25-23(26-9-7-15-14-28-20-11-16(24)5-6-18(15)20)27-10-8-19-21(30-3)12-17(29-2)13-22(19)31-4;/h5-6,11-14,28H,7-10H2,1-4H3,(H2,25,26,27);1H. The van der Waals surface area contributed by atoms with Crippen molar-refractivity contribution in [1.29, 1.82) is 0 Å². The van der Waals surface area contributed by atoms with Crippen molar-refractivity contribution in [2.75, 3.05) is 41.5 Å². The van der Waals surface area contributed by atoms with Crippen LogP contribution in [0.25, 0.3) is 10.9 Å². The first-order valence-electron chi connectivity index (χ1n) is 10.1. The van der Waals surface area contributed by atoms with Gasteiger partial charge in [0.15, 0.2) is 5.96 Å². The number of aliphatic imine (C=N–C) groups is 1. The minimum absolute atomic E-state index is 0. The minimum atomic E-state index is -0.242. The summed E-state index contributed by atoms with van der Waals surface area (Å²) in [5.41, 5.74) is 2.89. The Labute approximate surface area is 204 Å². The average Bonchev–Trinajstić information content (AvgIpc) is 3.19. The number of aromatic amines is 1. The number of fused-ring (bicyclic) bond motifs is 1. The first-order valence-corrected chi connectivity index (χ1v) is 10.1. The molecule has 0 aliphatic carbocycles. The quantitative estimate of drug-likeness (QED) is 0.212. The second-order valence-corrected chi connectivity index (χ2v) is 6.94. The number of hydrogen-bond acceptors (Lipinski definition) is 4. The lowest BCUT2D eigenvalue weighted by Gasteiger charge is -2.16. The molecule has 0 aliphatic rings. The number of hydrogen-bond donors (Lipinski definition) is 3. The molecule has 3 N–H and O–H groups in total. The van der Waals surface area contributed by atoms with E-state index in [2.05, 4.69) is 20.6 Å². The van der Waals surface area contributed by atoms with Crippen molar-refractivity contribution in [2.45, 2.75) is 12.8 Å². The van der Waals surface area contributed by atoms with Crippen LogP contribution in [0.4, 0.5) is 4.39 Å². The predicted molar refractivity (Wildman–Crippen MR) is 137 cm³/mol. The van der Waals surface area contributed by atoms with E-state index < -0.39 is 0 Å². The van der Waals surface area contributed by atoms with E-state index >= 15 is 0 Å². The lowest BCUT2D eigenvalue weighted by atomic mass is 10.1. The van der Waals surface area contributed by atoms with E-state index in [1.807, 2.05) is 18.3 Å². The number of H-pyrrole nitrogens is 1. The largest absolute Gasteiger partial charge is 0.496 e. The van der Waals surface area contributed by atoms with Crippen molar-refractivity contribution in [3.63, 3.8) is 0 Å². The summed E-state index contributed by atoms with van der Waals surface area (Å²) in [5.74, 6) is 2.59. The normalized spacial score (nSPS) is 11.1. The third kappa shape index (κ3) is 6.18. The van der Waals surface area contributed by atoms with Gasteiger partial charge in [-0.1, -0.05) is 0 Å². The molecule has 174 valence electrons. The first-order chi connectivity index (χ1) is 15.1.